The highest BCUT2D eigenvalue weighted by atomic mass is 35.5. The molecule has 1 N–H and O–H groups in total. The molecule has 0 fully saturated rings. The van der Waals surface area contributed by atoms with Gasteiger partial charge in [-0.25, -0.2) is 4.98 Å². The van der Waals surface area contributed by atoms with Crippen LogP contribution < -0.4 is 0 Å². The van der Waals surface area contributed by atoms with Gasteiger partial charge in [-0.05, 0) is 23.6 Å². The predicted molar refractivity (Wildman–Crippen MR) is 47.8 cm³/mol. The molecule has 0 aliphatic rings. The molecule has 0 saturated carbocycles. The van der Waals surface area contributed by atoms with Crippen LogP contribution in [0.1, 0.15) is 11.3 Å². The first-order valence-electron chi connectivity index (χ1n) is 3.47. The highest BCUT2D eigenvalue weighted by Gasteiger charge is 1.91. The summed E-state index contributed by atoms with van der Waals surface area (Å²) in [6.45, 7) is 0.0120. The van der Waals surface area contributed by atoms with Gasteiger partial charge in [-0.3, -0.25) is 0 Å². The van der Waals surface area contributed by atoms with Crippen LogP contribution in [-0.4, -0.2) is 16.0 Å². The van der Waals surface area contributed by atoms with Crippen LogP contribution in [0.2, 0.25) is 0 Å². The van der Waals surface area contributed by atoms with Crippen molar-refractivity contribution in [2.75, 3.05) is 5.88 Å². The average Bonchev–Trinajstić information content (AvgIpc) is 2.15. The predicted octanol–water partition coefficient (Wildman–Crippen LogP) is 1.16. The zero-order valence-corrected chi connectivity index (χ0v) is 7.17. The summed E-state index contributed by atoms with van der Waals surface area (Å²) in [6, 6.07) is 3.48. The van der Waals surface area contributed by atoms with Crippen LogP contribution in [0.4, 0.5) is 0 Å². The first-order valence-corrected chi connectivity index (χ1v) is 4.01. The lowest BCUT2D eigenvalue weighted by Crippen LogP contribution is -1.87. The third-order valence-corrected chi connectivity index (χ3v) is 1.42. The average molecular weight is 182 g/mol. The Morgan fingerprint density at radius 2 is 2.42 bits per heavy atom. The van der Waals surface area contributed by atoms with Gasteiger partial charge in [-0.2, -0.15) is 0 Å². The molecule has 0 unspecified atom stereocenters. The Labute approximate surface area is 76.2 Å². The summed E-state index contributed by atoms with van der Waals surface area (Å²) in [4.78, 5) is 3.98. The lowest BCUT2D eigenvalue weighted by Gasteiger charge is -1.94. The fraction of sp³-hybridized carbons (Fsp3) is 0.222. The fourth-order valence-corrected chi connectivity index (χ4v) is 0.832. The van der Waals surface area contributed by atoms with Crippen molar-refractivity contribution in [3.63, 3.8) is 0 Å². The smallest absolute Gasteiger partial charge is 0.113 e. The summed E-state index contributed by atoms with van der Waals surface area (Å²) in [5.74, 6) is 5.75. The lowest BCUT2D eigenvalue weighted by atomic mass is 10.2. The van der Waals surface area contributed by atoms with E-state index in [-0.39, 0.29) is 6.61 Å². The van der Waals surface area contributed by atoms with E-state index in [1.165, 1.54) is 0 Å². The van der Waals surface area contributed by atoms with E-state index in [1.54, 1.807) is 18.3 Å². The van der Waals surface area contributed by atoms with Crippen molar-refractivity contribution < 1.29 is 5.11 Å². The lowest BCUT2D eigenvalue weighted by molar-refractivity contribution is 0.281. The molecule has 12 heavy (non-hydrogen) atoms. The van der Waals surface area contributed by atoms with Crippen molar-refractivity contribution in [3.05, 3.63) is 29.6 Å². The van der Waals surface area contributed by atoms with Crippen LogP contribution in [0, 0.1) is 11.8 Å². The molecule has 0 aliphatic carbocycles. The molecule has 0 bridgehead atoms. The van der Waals surface area contributed by atoms with Crippen LogP contribution in [0.25, 0.3) is 0 Å². The number of halogens is 1. The third-order valence-electron chi connectivity index (χ3n) is 1.29. The number of rotatable bonds is 1. The largest absolute Gasteiger partial charge is 0.392 e. The number of hydrogen-bond acceptors (Lipinski definition) is 2. The Morgan fingerprint density at radius 3 is 3.08 bits per heavy atom. The van der Waals surface area contributed by atoms with Gasteiger partial charge in [0.1, 0.15) is 5.69 Å². The summed E-state index contributed by atoms with van der Waals surface area (Å²) in [7, 11) is 0. The van der Waals surface area contributed by atoms with Gasteiger partial charge in [0.25, 0.3) is 0 Å². The molecule has 1 aromatic rings. The van der Waals surface area contributed by atoms with Crippen LogP contribution >= 0.6 is 11.6 Å². The minimum Gasteiger partial charge on any atom is -0.392 e. The van der Waals surface area contributed by atoms with Crippen LogP contribution in [0.3, 0.4) is 0 Å². The Kier molecular flexibility index (Phi) is 3.59. The highest BCUT2D eigenvalue weighted by Crippen LogP contribution is 1.99. The summed E-state index contributed by atoms with van der Waals surface area (Å²) >= 11 is 5.37. The third kappa shape index (κ3) is 2.54. The molecule has 0 spiro atoms. The molecular formula is C9H8ClNO. The van der Waals surface area contributed by atoms with Crippen molar-refractivity contribution >= 4 is 11.6 Å². The van der Waals surface area contributed by atoms with E-state index in [9.17, 15) is 0 Å². The molecule has 0 amide bonds. The van der Waals surface area contributed by atoms with Gasteiger partial charge in [0.2, 0.25) is 0 Å². The number of aliphatic hydroxyl groups is 1. The summed E-state index contributed by atoms with van der Waals surface area (Å²) < 4.78 is 0. The molecule has 0 saturated heterocycles. The topological polar surface area (TPSA) is 33.1 Å². The Balaban J connectivity index is 2.86. The highest BCUT2D eigenvalue weighted by molar-refractivity contribution is 6.19. The SMILES string of the molecule is OCc1ccnc(C#CCCl)c1. The maximum atomic E-state index is 8.79. The Morgan fingerprint density at radius 1 is 1.58 bits per heavy atom. The van der Waals surface area contributed by atoms with E-state index in [2.05, 4.69) is 16.8 Å². The second kappa shape index (κ2) is 4.76. The summed E-state index contributed by atoms with van der Waals surface area (Å²) in [5.41, 5.74) is 1.45. The quantitative estimate of drug-likeness (QED) is 0.521. The van der Waals surface area contributed by atoms with Gasteiger partial charge >= 0.3 is 0 Å². The summed E-state index contributed by atoms with van der Waals surface area (Å²) in [5, 5.41) is 8.79. The van der Waals surface area contributed by atoms with E-state index in [0.717, 1.165) is 5.56 Å². The minimum atomic E-state index is 0.0120. The summed E-state index contributed by atoms with van der Waals surface area (Å²) in [6.07, 6.45) is 1.61. The normalized spacial score (nSPS) is 8.83. The number of nitrogens with zero attached hydrogens (tertiary/aromatic N) is 1. The zero-order chi connectivity index (χ0) is 8.81. The first kappa shape index (κ1) is 9.05. The monoisotopic (exact) mass is 181 g/mol. The Hall–Kier alpha value is -1.04. The molecule has 3 heteroatoms. The van der Waals surface area contributed by atoms with Gasteiger partial charge in [-0.15, -0.1) is 11.6 Å². The zero-order valence-electron chi connectivity index (χ0n) is 6.42. The number of pyridine rings is 1. The molecular weight excluding hydrogens is 174 g/mol. The molecule has 0 atom stereocenters. The second-order valence-electron chi connectivity index (χ2n) is 2.14. The van der Waals surface area contributed by atoms with Crippen LogP contribution in [0.15, 0.2) is 18.3 Å². The van der Waals surface area contributed by atoms with E-state index in [1.807, 2.05) is 0 Å². The van der Waals surface area contributed by atoms with E-state index < -0.39 is 0 Å². The first-order chi connectivity index (χ1) is 5.86. The number of hydrogen-bond donors (Lipinski definition) is 1. The molecule has 1 heterocycles. The minimum absolute atomic E-state index is 0.0120. The molecule has 0 aliphatic heterocycles. The van der Waals surface area contributed by atoms with Crippen LogP contribution in [0.5, 0.6) is 0 Å². The van der Waals surface area contributed by atoms with Crippen LogP contribution in [-0.2, 0) is 6.61 Å². The van der Waals surface area contributed by atoms with Gasteiger partial charge in [0, 0.05) is 6.20 Å². The van der Waals surface area contributed by atoms with Gasteiger partial charge in [-0.1, -0.05) is 5.92 Å². The number of aromatic nitrogens is 1. The number of aliphatic hydroxyl groups excluding tert-OH is 1. The molecule has 62 valence electrons. The van der Waals surface area contributed by atoms with Crippen molar-refractivity contribution in [2.24, 2.45) is 0 Å². The van der Waals surface area contributed by atoms with Crippen molar-refractivity contribution in [1.82, 2.24) is 4.98 Å². The maximum absolute atomic E-state index is 8.79. The fourth-order valence-electron chi connectivity index (χ4n) is 0.765. The van der Waals surface area contributed by atoms with Gasteiger partial charge in [0.05, 0.1) is 12.5 Å². The van der Waals surface area contributed by atoms with E-state index in [0.29, 0.717) is 11.6 Å². The van der Waals surface area contributed by atoms with Gasteiger partial charge < -0.3 is 5.11 Å². The molecule has 0 aromatic carbocycles. The molecule has 0 radical (unpaired) electrons. The molecule has 1 rings (SSSR count). The maximum Gasteiger partial charge on any atom is 0.113 e. The van der Waals surface area contributed by atoms with Gasteiger partial charge in [0.15, 0.2) is 0 Å². The van der Waals surface area contributed by atoms with Crippen molar-refractivity contribution in [1.29, 1.82) is 0 Å². The van der Waals surface area contributed by atoms with E-state index >= 15 is 0 Å². The van der Waals surface area contributed by atoms with Crippen molar-refractivity contribution in [2.45, 2.75) is 6.61 Å². The Bertz CT molecular complexity index is 314. The second-order valence-corrected chi connectivity index (χ2v) is 2.41. The van der Waals surface area contributed by atoms with E-state index in [4.69, 9.17) is 16.7 Å². The van der Waals surface area contributed by atoms with Crippen molar-refractivity contribution in [3.8, 4) is 11.8 Å². The molecule has 1 aromatic heterocycles. The standard InChI is InChI=1S/C9H8ClNO/c10-4-1-2-9-6-8(7-12)3-5-11-9/h3,5-6,12H,4,7H2. The number of alkyl halides is 1. The molecule has 2 nitrogen and oxygen atoms in total.